The van der Waals surface area contributed by atoms with Crippen LogP contribution in [0.3, 0.4) is 0 Å². The third-order valence-electron chi connectivity index (χ3n) is 3.03. The van der Waals surface area contributed by atoms with Gasteiger partial charge >= 0.3 is 7.12 Å². The zero-order valence-corrected chi connectivity index (χ0v) is 10.5. The van der Waals surface area contributed by atoms with Crippen molar-refractivity contribution in [3.8, 4) is 0 Å². The Hall–Kier alpha value is -0.515. The van der Waals surface area contributed by atoms with Gasteiger partial charge in [0.15, 0.2) is 0 Å². The summed E-state index contributed by atoms with van der Waals surface area (Å²) in [7, 11) is 1.47. The Morgan fingerprint density at radius 1 is 1.20 bits per heavy atom. The second-order valence-electron chi connectivity index (χ2n) is 5.13. The van der Waals surface area contributed by atoms with E-state index in [1.54, 1.807) is 7.05 Å². The number of hydrogen-bond acceptors (Lipinski definition) is 4. The lowest BCUT2D eigenvalue weighted by Gasteiger charge is -2.32. The van der Waals surface area contributed by atoms with Crippen LogP contribution in [-0.2, 0) is 9.31 Å². The number of hydrogen-bond donors (Lipinski definition) is 1. The monoisotopic (exact) mass is 212 g/mol. The first-order chi connectivity index (χ1) is 6.66. The maximum absolute atomic E-state index is 5.85. The van der Waals surface area contributed by atoms with E-state index in [4.69, 9.17) is 15.2 Å². The molecule has 4 nitrogen and oxygen atoms in total. The van der Waals surface area contributed by atoms with Gasteiger partial charge in [0.25, 0.3) is 0 Å². The number of nitrogens with two attached hydrogens (primary N) is 1. The fourth-order valence-electron chi connectivity index (χ4n) is 1.41. The fraction of sp³-hybridized carbons (Fsp3) is 0.800. The number of rotatable bonds is 2. The maximum Gasteiger partial charge on any atom is 0.491 e. The topological polar surface area (TPSA) is 47.7 Å². The van der Waals surface area contributed by atoms with Crippen LogP contribution in [0.25, 0.3) is 0 Å². The summed E-state index contributed by atoms with van der Waals surface area (Å²) in [5.41, 5.74) is 0.388. The second kappa shape index (κ2) is 3.81. The Morgan fingerprint density at radius 3 is 1.93 bits per heavy atom. The molecule has 1 heterocycles. The summed E-state index contributed by atoms with van der Waals surface area (Å²) in [5, 5.41) is 1.50. The molecule has 0 radical (unpaired) electrons. The molecule has 0 aromatic carbocycles. The van der Waals surface area contributed by atoms with Crippen LogP contribution in [0.1, 0.15) is 34.6 Å². The Bertz CT molecular complexity index is 259. The van der Waals surface area contributed by atoms with Gasteiger partial charge in [-0.15, -0.1) is 0 Å². The van der Waals surface area contributed by atoms with Gasteiger partial charge in [0, 0.05) is 13.2 Å². The minimum Gasteiger partial charge on any atom is -0.400 e. The van der Waals surface area contributed by atoms with Gasteiger partial charge in [0.1, 0.15) is 0 Å². The largest absolute Gasteiger partial charge is 0.491 e. The highest BCUT2D eigenvalue weighted by molar-refractivity contribution is 6.54. The van der Waals surface area contributed by atoms with E-state index in [-0.39, 0.29) is 18.3 Å². The van der Waals surface area contributed by atoms with E-state index in [9.17, 15) is 0 Å². The summed E-state index contributed by atoms with van der Waals surface area (Å²) in [5.74, 6) is 5.54. The molecule has 86 valence electrons. The summed E-state index contributed by atoms with van der Waals surface area (Å²) < 4.78 is 11.7. The highest BCUT2D eigenvalue weighted by Gasteiger charge is 2.51. The third kappa shape index (κ3) is 2.54. The smallest absolute Gasteiger partial charge is 0.400 e. The standard InChI is InChI=1S/C10H21BN2O2/c1-8(7-13(6)12)11-14-9(2,3)10(4,5)15-11/h7H,12H2,1-6H3/b8-7+. The zero-order valence-electron chi connectivity index (χ0n) is 10.5. The van der Waals surface area contributed by atoms with Crippen molar-refractivity contribution in [2.45, 2.75) is 45.8 Å². The van der Waals surface area contributed by atoms with Crippen molar-refractivity contribution in [3.05, 3.63) is 11.7 Å². The van der Waals surface area contributed by atoms with Crippen molar-refractivity contribution in [1.82, 2.24) is 5.01 Å². The minimum atomic E-state index is -0.305. The molecule has 0 atom stereocenters. The molecular weight excluding hydrogens is 191 g/mol. The Kier molecular flexibility index (Phi) is 3.19. The van der Waals surface area contributed by atoms with Gasteiger partial charge in [-0.25, -0.2) is 5.84 Å². The second-order valence-corrected chi connectivity index (χ2v) is 5.13. The average molecular weight is 212 g/mol. The van der Waals surface area contributed by atoms with Gasteiger partial charge in [-0.2, -0.15) is 0 Å². The molecule has 0 unspecified atom stereocenters. The Labute approximate surface area is 92.5 Å². The van der Waals surface area contributed by atoms with E-state index in [1.807, 2.05) is 40.8 Å². The molecule has 0 aromatic heterocycles. The molecule has 15 heavy (non-hydrogen) atoms. The van der Waals surface area contributed by atoms with Gasteiger partial charge in [0.05, 0.1) is 11.2 Å². The summed E-state index contributed by atoms with van der Waals surface area (Å²) >= 11 is 0. The molecule has 0 saturated carbocycles. The van der Waals surface area contributed by atoms with Gasteiger partial charge in [-0.1, -0.05) is 0 Å². The lowest BCUT2D eigenvalue weighted by molar-refractivity contribution is 0.00578. The SMILES string of the molecule is C/C(=C\N(C)N)B1OC(C)(C)C(C)(C)O1. The van der Waals surface area contributed by atoms with Crippen molar-refractivity contribution in [2.75, 3.05) is 7.05 Å². The van der Waals surface area contributed by atoms with Crippen LogP contribution >= 0.6 is 0 Å². The zero-order chi connectivity index (χ0) is 11.9. The molecule has 2 N–H and O–H groups in total. The van der Waals surface area contributed by atoms with Crippen LogP contribution in [0.2, 0.25) is 0 Å². The fourth-order valence-corrected chi connectivity index (χ4v) is 1.41. The number of allylic oxidation sites excluding steroid dienone is 1. The maximum atomic E-state index is 5.85. The number of hydrazine groups is 1. The number of nitrogens with zero attached hydrogens (tertiary/aromatic N) is 1. The van der Waals surface area contributed by atoms with Crippen molar-refractivity contribution >= 4 is 7.12 Å². The molecule has 0 aliphatic carbocycles. The molecular formula is C10H21BN2O2. The Morgan fingerprint density at radius 2 is 1.60 bits per heavy atom. The van der Waals surface area contributed by atoms with Crippen LogP contribution in [0, 0.1) is 0 Å². The first-order valence-electron chi connectivity index (χ1n) is 5.17. The third-order valence-corrected chi connectivity index (χ3v) is 3.03. The van der Waals surface area contributed by atoms with Crippen molar-refractivity contribution in [2.24, 2.45) is 5.84 Å². The first kappa shape index (κ1) is 12.6. The molecule has 1 saturated heterocycles. The van der Waals surface area contributed by atoms with E-state index in [1.165, 1.54) is 5.01 Å². The van der Waals surface area contributed by atoms with Gasteiger partial charge in [-0.05, 0) is 40.1 Å². The van der Waals surface area contributed by atoms with Crippen LogP contribution < -0.4 is 5.84 Å². The van der Waals surface area contributed by atoms with Crippen molar-refractivity contribution in [1.29, 1.82) is 0 Å². The summed E-state index contributed by atoms with van der Waals surface area (Å²) in [6.07, 6.45) is 1.81. The molecule has 1 aliphatic rings. The van der Waals surface area contributed by atoms with Gasteiger partial charge in [0.2, 0.25) is 0 Å². The predicted octanol–water partition coefficient (Wildman–Crippen LogP) is 1.33. The quantitative estimate of drug-likeness (QED) is 0.426. The van der Waals surface area contributed by atoms with Crippen LogP contribution in [0.4, 0.5) is 0 Å². The highest BCUT2D eigenvalue weighted by Crippen LogP contribution is 2.38. The Balaban J connectivity index is 2.79. The van der Waals surface area contributed by atoms with Gasteiger partial charge < -0.3 is 14.3 Å². The van der Waals surface area contributed by atoms with E-state index in [2.05, 4.69) is 0 Å². The normalized spacial score (nSPS) is 24.5. The average Bonchev–Trinajstić information content (AvgIpc) is 2.20. The van der Waals surface area contributed by atoms with Crippen molar-refractivity contribution in [3.63, 3.8) is 0 Å². The highest BCUT2D eigenvalue weighted by atomic mass is 16.7. The molecule has 1 aliphatic heterocycles. The molecule has 0 bridgehead atoms. The molecule has 5 heteroatoms. The van der Waals surface area contributed by atoms with Crippen LogP contribution in [-0.4, -0.2) is 30.4 Å². The van der Waals surface area contributed by atoms with Crippen LogP contribution in [0.15, 0.2) is 11.7 Å². The lowest BCUT2D eigenvalue weighted by Crippen LogP contribution is -2.41. The first-order valence-corrected chi connectivity index (χ1v) is 5.17. The van der Waals surface area contributed by atoms with Crippen LogP contribution in [0.5, 0.6) is 0 Å². The summed E-state index contributed by atoms with van der Waals surface area (Å²) in [6.45, 7) is 10.1. The predicted molar refractivity (Wildman–Crippen MR) is 61.8 cm³/mol. The molecule has 0 aromatic rings. The lowest BCUT2D eigenvalue weighted by atomic mass is 9.80. The van der Waals surface area contributed by atoms with Crippen molar-refractivity contribution < 1.29 is 9.31 Å². The van der Waals surface area contributed by atoms with Gasteiger partial charge in [-0.3, -0.25) is 0 Å². The van der Waals surface area contributed by atoms with E-state index >= 15 is 0 Å². The minimum absolute atomic E-state index is 0.292. The van der Waals surface area contributed by atoms with E-state index < -0.39 is 0 Å². The molecule has 1 fully saturated rings. The van der Waals surface area contributed by atoms with E-state index in [0.29, 0.717) is 0 Å². The summed E-state index contributed by atoms with van der Waals surface area (Å²) in [4.78, 5) is 0. The molecule has 1 rings (SSSR count). The molecule has 0 amide bonds. The summed E-state index contributed by atoms with van der Waals surface area (Å²) in [6, 6.07) is 0. The molecule has 0 spiro atoms. The van der Waals surface area contributed by atoms with E-state index in [0.717, 1.165) is 5.47 Å².